The van der Waals surface area contributed by atoms with E-state index in [1.807, 2.05) is 79.9 Å². The number of thiazole rings is 1. The van der Waals surface area contributed by atoms with Crippen LogP contribution in [0.2, 0.25) is 0 Å². The minimum absolute atomic E-state index is 0.0961. The molecule has 0 aliphatic carbocycles. The predicted octanol–water partition coefficient (Wildman–Crippen LogP) is 5.32. The van der Waals surface area contributed by atoms with Crippen LogP contribution < -0.4 is 11.3 Å². The summed E-state index contributed by atoms with van der Waals surface area (Å²) in [6.45, 7) is 3.83. The zero-order valence-electron chi connectivity index (χ0n) is 18.7. The van der Waals surface area contributed by atoms with Crippen LogP contribution >= 0.6 is 11.3 Å². The second-order valence-corrected chi connectivity index (χ2v) is 8.88. The van der Waals surface area contributed by atoms with Crippen LogP contribution in [0.25, 0.3) is 44.6 Å². The third-order valence-corrected chi connectivity index (χ3v) is 6.15. The molecule has 168 valence electrons. The standard InChI is InChI=1S/C26H22N6OS/c1-16(2)32-21(33)14-13-19(31-32)23-22(18-11-7-4-8-12-18)30-25(27)24(29-23)26-28-20(15-34-26)17-9-5-3-6-10-17/h3-16H,1-2H3,(H2,27,30). The van der Waals surface area contributed by atoms with Gasteiger partial charge in [0.25, 0.3) is 5.56 Å². The average molecular weight is 467 g/mol. The van der Waals surface area contributed by atoms with Gasteiger partial charge in [-0.25, -0.2) is 19.6 Å². The van der Waals surface area contributed by atoms with Crippen LogP contribution in [0.3, 0.4) is 0 Å². The summed E-state index contributed by atoms with van der Waals surface area (Å²) in [7, 11) is 0. The fourth-order valence-electron chi connectivity index (χ4n) is 3.63. The Morgan fingerprint density at radius 1 is 0.765 bits per heavy atom. The molecule has 3 heterocycles. The molecular formula is C26H22N6OS. The lowest BCUT2D eigenvalue weighted by Crippen LogP contribution is -2.24. The van der Waals surface area contributed by atoms with Gasteiger partial charge in [0, 0.05) is 22.6 Å². The van der Waals surface area contributed by atoms with Crippen LogP contribution in [-0.4, -0.2) is 24.7 Å². The molecule has 0 bridgehead atoms. The highest BCUT2D eigenvalue weighted by Crippen LogP contribution is 2.35. The molecule has 8 heteroatoms. The Morgan fingerprint density at radius 3 is 2.12 bits per heavy atom. The van der Waals surface area contributed by atoms with E-state index >= 15 is 0 Å². The first-order valence-corrected chi connectivity index (χ1v) is 11.7. The van der Waals surface area contributed by atoms with Crippen LogP contribution in [0, 0.1) is 0 Å². The van der Waals surface area contributed by atoms with E-state index in [1.54, 1.807) is 6.07 Å². The minimum atomic E-state index is -0.170. The van der Waals surface area contributed by atoms with Gasteiger partial charge in [-0.05, 0) is 19.9 Å². The van der Waals surface area contributed by atoms with Gasteiger partial charge in [0.2, 0.25) is 0 Å². The first kappa shape index (κ1) is 21.7. The molecule has 2 aromatic carbocycles. The monoisotopic (exact) mass is 466 g/mol. The lowest BCUT2D eigenvalue weighted by molar-refractivity contribution is 0.504. The summed E-state index contributed by atoms with van der Waals surface area (Å²) in [5.41, 5.74) is 11.1. The molecule has 0 saturated heterocycles. The van der Waals surface area contributed by atoms with E-state index in [9.17, 15) is 4.79 Å². The van der Waals surface area contributed by atoms with Crippen molar-refractivity contribution in [2.45, 2.75) is 19.9 Å². The highest BCUT2D eigenvalue weighted by molar-refractivity contribution is 7.13. The molecule has 5 aromatic rings. The summed E-state index contributed by atoms with van der Waals surface area (Å²) >= 11 is 1.46. The lowest BCUT2D eigenvalue weighted by atomic mass is 10.1. The number of benzene rings is 2. The van der Waals surface area contributed by atoms with Gasteiger partial charge >= 0.3 is 0 Å². The smallest absolute Gasteiger partial charge is 0.267 e. The van der Waals surface area contributed by atoms with Crippen molar-refractivity contribution in [3.05, 3.63) is 88.5 Å². The maximum Gasteiger partial charge on any atom is 0.267 e. The van der Waals surface area contributed by atoms with Crippen molar-refractivity contribution in [3.8, 4) is 44.6 Å². The van der Waals surface area contributed by atoms with Crippen LogP contribution in [0.15, 0.2) is 83.0 Å². The van der Waals surface area contributed by atoms with Gasteiger partial charge in [0.15, 0.2) is 5.82 Å². The number of nitrogens with zero attached hydrogens (tertiary/aromatic N) is 5. The summed E-state index contributed by atoms with van der Waals surface area (Å²) < 4.78 is 1.44. The Morgan fingerprint density at radius 2 is 1.44 bits per heavy atom. The van der Waals surface area contributed by atoms with E-state index in [-0.39, 0.29) is 17.4 Å². The third kappa shape index (κ3) is 4.11. The maximum absolute atomic E-state index is 12.3. The van der Waals surface area contributed by atoms with Gasteiger partial charge < -0.3 is 5.73 Å². The number of nitrogen functional groups attached to an aromatic ring is 1. The number of aromatic nitrogens is 5. The highest BCUT2D eigenvalue weighted by atomic mass is 32.1. The molecule has 0 aliphatic rings. The van der Waals surface area contributed by atoms with E-state index in [0.29, 0.717) is 27.8 Å². The zero-order valence-corrected chi connectivity index (χ0v) is 19.5. The average Bonchev–Trinajstić information content (AvgIpc) is 3.35. The Kier molecular flexibility index (Phi) is 5.73. The summed E-state index contributed by atoms with van der Waals surface area (Å²) in [4.78, 5) is 26.7. The summed E-state index contributed by atoms with van der Waals surface area (Å²) in [6, 6.07) is 22.7. The van der Waals surface area contributed by atoms with Crippen molar-refractivity contribution in [3.63, 3.8) is 0 Å². The number of anilines is 1. The van der Waals surface area contributed by atoms with Gasteiger partial charge in [0.05, 0.1) is 11.7 Å². The van der Waals surface area contributed by atoms with E-state index in [1.165, 1.54) is 22.1 Å². The largest absolute Gasteiger partial charge is 0.382 e. The van der Waals surface area contributed by atoms with Crippen molar-refractivity contribution < 1.29 is 0 Å². The number of nitrogens with two attached hydrogens (primary N) is 1. The molecule has 0 fully saturated rings. The van der Waals surface area contributed by atoms with Gasteiger partial charge in [-0.2, -0.15) is 5.10 Å². The normalized spacial score (nSPS) is 11.1. The second-order valence-electron chi connectivity index (χ2n) is 8.02. The molecule has 0 radical (unpaired) electrons. The molecule has 2 N–H and O–H groups in total. The van der Waals surface area contributed by atoms with Crippen molar-refractivity contribution >= 4 is 17.2 Å². The first-order chi connectivity index (χ1) is 16.5. The topological polar surface area (TPSA) is 99.6 Å². The molecule has 0 saturated carbocycles. The van der Waals surface area contributed by atoms with Crippen LogP contribution in [-0.2, 0) is 0 Å². The predicted molar refractivity (Wildman–Crippen MR) is 136 cm³/mol. The van der Waals surface area contributed by atoms with E-state index in [2.05, 4.69) is 5.10 Å². The molecule has 0 aliphatic heterocycles. The second kappa shape index (κ2) is 8.99. The maximum atomic E-state index is 12.3. The fourth-order valence-corrected chi connectivity index (χ4v) is 4.45. The molecule has 0 atom stereocenters. The fraction of sp³-hybridized carbons (Fsp3) is 0.115. The molecule has 34 heavy (non-hydrogen) atoms. The first-order valence-electron chi connectivity index (χ1n) is 10.9. The van der Waals surface area contributed by atoms with Crippen molar-refractivity contribution in [1.29, 1.82) is 0 Å². The van der Waals surface area contributed by atoms with E-state index in [4.69, 9.17) is 20.7 Å². The minimum Gasteiger partial charge on any atom is -0.382 e. The van der Waals surface area contributed by atoms with Crippen molar-refractivity contribution in [2.24, 2.45) is 0 Å². The Bertz CT molecular complexity index is 1510. The molecule has 7 nitrogen and oxygen atoms in total. The Labute approximate surface area is 200 Å². The molecule has 5 rings (SSSR count). The molecule has 0 unspecified atom stereocenters. The summed E-state index contributed by atoms with van der Waals surface area (Å²) in [6.07, 6.45) is 0. The van der Waals surface area contributed by atoms with Gasteiger partial charge in [0.1, 0.15) is 27.8 Å². The number of rotatable bonds is 5. The SMILES string of the molecule is CC(C)n1nc(-c2nc(-c3nc(-c4ccccc4)cs3)c(N)nc2-c2ccccc2)ccc1=O. The molecule has 0 spiro atoms. The zero-order chi connectivity index (χ0) is 23.7. The molecular weight excluding hydrogens is 444 g/mol. The van der Waals surface area contributed by atoms with Crippen LogP contribution in [0.4, 0.5) is 5.82 Å². The van der Waals surface area contributed by atoms with Crippen LogP contribution in [0.5, 0.6) is 0 Å². The number of hydrogen-bond donors (Lipinski definition) is 1. The van der Waals surface area contributed by atoms with E-state index in [0.717, 1.165) is 16.8 Å². The Balaban J connectivity index is 1.70. The van der Waals surface area contributed by atoms with Gasteiger partial charge in [-0.15, -0.1) is 11.3 Å². The van der Waals surface area contributed by atoms with Gasteiger partial charge in [-0.1, -0.05) is 60.7 Å². The third-order valence-electron chi connectivity index (χ3n) is 5.30. The van der Waals surface area contributed by atoms with Crippen LogP contribution in [0.1, 0.15) is 19.9 Å². The summed E-state index contributed by atoms with van der Waals surface area (Å²) in [5.74, 6) is 0.286. The molecule has 3 aromatic heterocycles. The lowest BCUT2D eigenvalue weighted by Gasteiger charge is -2.14. The molecule has 0 amide bonds. The van der Waals surface area contributed by atoms with Crippen molar-refractivity contribution in [2.75, 3.05) is 5.73 Å². The van der Waals surface area contributed by atoms with Gasteiger partial charge in [-0.3, -0.25) is 4.79 Å². The highest BCUT2D eigenvalue weighted by Gasteiger charge is 2.20. The summed E-state index contributed by atoms with van der Waals surface area (Å²) in [5, 5.41) is 7.24. The van der Waals surface area contributed by atoms with Crippen molar-refractivity contribution in [1.82, 2.24) is 24.7 Å². The number of hydrogen-bond acceptors (Lipinski definition) is 7. The Hall–Kier alpha value is -4.17. The quantitative estimate of drug-likeness (QED) is 0.376. The van der Waals surface area contributed by atoms with E-state index < -0.39 is 0 Å².